The van der Waals surface area contributed by atoms with Crippen LogP contribution in [0, 0.1) is 12.7 Å². The Labute approximate surface area is 130 Å². The second kappa shape index (κ2) is 5.71. The number of sulfonamides is 1. The van der Waals surface area contributed by atoms with Gasteiger partial charge in [-0.05, 0) is 58.7 Å². The summed E-state index contributed by atoms with van der Waals surface area (Å²) < 4.78 is 40.3. The van der Waals surface area contributed by atoms with Gasteiger partial charge in [-0.3, -0.25) is 4.72 Å². The van der Waals surface area contributed by atoms with E-state index in [1.807, 2.05) is 6.92 Å². The fourth-order valence-corrected chi connectivity index (χ4v) is 3.11. The van der Waals surface area contributed by atoms with Crippen LogP contribution in [0.5, 0.6) is 0 Å². The summed E-state index contributed by atoms with van der Waals surface area (Å²) in [6, 6.07) is 8.54. The second-order valence-corrected chi connectivity index (χ2v) is 7.11. The standard InChI is InChI=1S/C13H10BrClFNO2S/c1-8-2-5-11(15)13(6-8)17-20(18,19)9-3-4-10(14)12(16)7-9/h2-7,17H,1H3. The lowest BCUT2D eigenvalue weighted by Crippen LogP contribution is -2.13. The van der Waals surface area contributed by atoms with E-state index in [0.29, 0.717) is 0 Å². The maximum absolute atomic E-state index is 13.4. The molecule has 0 spiro atoms. The highest BCUT2D eigenvalue weighted by molar-refractivity contribution is 9.10. The number of hydrogen-bond donors (Lipinski definition) is 1. The van der Waals surface area contributed by atoms with E-state index in [2.05, 4.69) is 20.7 Å². The molecule has 7 heteroatoms. The van der Waals surface area contributed by atoms with Gasteiger partial charge in [0, 0.05) is 0 Å². The van der Waals surface area contributed by atoms with Crippen LogP contribution in [0.25, 0.3) is 0 Å². The van der Waals surface area contributed by atoms with Crippen molar-refractivity contribution in [2.45, 2.75) is 11.8 Å². The maximum Gasteiger partial charge on any atom is 0.262 e. The highest BCUT2D eigenvalue weighted by atomic mass is 79.9. The van der Waals surface area contributed by atoms with Gasteiger partial charge in [0.15, 0.2) is 0 Å². The van der Waals surface area contributed by atoms with Crippen LogP contribution in [0.15, 0.2) is 45.8 Å². The smallest absolute Gasteiger partial charge is 0.262 e. The maximum atomic E-state index is 13.4. The lowest BCUT2D eigenvalue weighted by molar-refractivity contribution is 0.593. The van der Waals surface area contributed by atoms with Crippen molar-refractivity contribution in [2.75, 3.05) is 4.72 Å². The molecule has 20 heavy (non-hydrogen) atoms. The molecule has 106 valence electrons. The zero-order chi connectivity index (χ0) is 14.9. The molecule has 2 aromatic rings. The number of aryl methyl sites for hydroxylation is 1. The Hall–Kier alpha value is -1.11. The van der Waals surface area contributed by atoms with E-state index in [9.17, 15) is 12.8 Å². The number of benzene rings is 2. The molecule has 2 rings (SSSR count). The molecule has 1 N–H and O–H groups in total. The van der Waals surface area contributed by atoms with E-state index < -0.39 is 15.8 Å². The molecule has 0 saturated heterocycles. The normalized spacial score (nSPS) is 11.4. The fourth-order valence-electron chi connectivity index (χ4n) is 1.57. The van der Waals surface area contributed by atoms with Crippen molar-refractivity contribution in [3.05, 3.63) is 57.3 Å². The molecule has 0 amide bonds. The molecule has 0 aliphatic heterocycles. The Balaban J connectivity index is 2.40. The van der Waals surface area contributed by atoms with Gasteiger partial charge in [-0.2, -0.15) is 0 Å². The first-order valence-electron chi connectivity index (χ1n) is 5.53. The summed E-state index contributed by atoms with van der Waals surface area (Å²) in [7, 11) is -3.89. The van der Waals surface area contributed by atoms with E-state index in [0.717, 1.165) is 11.6 Å². The number of rotatable bonds is 3. The number of halogens is 3. The van der Waals surface area contributed by atoms with Crippen molar-refractivity contribution in [3.63, 3.8) is 0 Å². The SMILES string of the molecule is Cc1ccc(Cl)c(NS(=O)(=O)c2ccc(Br)c(F)c2)c1. The molecule has 0 fully saturated rings. The molecule has 0 atom stereocenters. The van der Waals surface area contributed by atoms with E-state index >= 15 is 0 Å². The topological polar surface area (TPSA) is 46.2 Å². The van der Waals surface area contributed by atoms with E-state index in [4.69, 9.17) is 11.6 Å². The molecule has 0 aliphatic carbocycles. The van der Waals surface area contributed by atoms with Gasteiger partial charge in [0.2, 0.25) is 0 Å². The first-order chi connectivity index (χ1) is 9.29. The summed E-state index contributed by atoms with van der Waals surface area (Å²) in [6.07, 6.45) is 0. The van der Waals surface area contributed by atoms with Crippen LogP contribution in [0.3, 0.4) is 0 Å². The largest absolute Gasteiger partial charge is 0.278 e. The Morgan fingerprint density at radius 1 is 1.20 bits per heavy atom. The van der Waals surface area contributed by atoms with Gasteiger partial charge in [-0.15, -0.1) is 0 Å². The van der Waals surface area contributed by atoms with Gasteiger partial charge in [0.25, 0.3) is 10.0 Å². The third kappa shape index (κ3) is 3.31. The van der Waals surface area contributed by atoms with Crippen LogP contribution < -0.4 is 4.72 Å². The molecule has 0 unspecified atom stereocenters. The minimum absolute atomic E-state index is 0.171. The van der Waals surface area contributed by atoms with Crippen LogP contribution in [0.1, 0.15) is 5.56 Å². The van der Waals surface area contributed by atoms with Gasteiger partial charge in [0.1, 0.15) is 5.82 Å². The minimum Gasteiger partial charge on any atom is -0.278 e. The summed E-state index contributed by atoms with van der Waals surface area (Å²) >= 11 is 8.91. The summed E-state index contributed by atoms with van der Waals surface area (Å²) in [6.45, 7) is 1.81. The van der Waals surface area contributed by atoms with Gasteiger partial charge < -0.3 is 0 Å². The van der Waals surface area contributed by atoms with Crippen LogP contribution in [-0.2, 0) is 10.0 Å². The first kappa shape index (κ1) is 15.3. The van der Waals surface area contributed by atoms with Crippen LogP contribution in [0.4, 0.5) is 10.1 Å². The molecule has 0 radical (unpaired) electrons. The van der Waals surface area contributed by atoms with Gasteiger partial charge in [-0.1, -0.05) is 17.7 Å². The highest BCUT2D eigenvalue weighted by Crippen LogP contribution is 2.26. The average Bonchev–Trinajstić information content (AvgIpc) is 2.36. The molecule has 0 heterocycles. The van der Waals surface area contributed by atoms with Crippen molar-refractivity contribution < 1.29 is 12.8 Å². The minimum atomic E-state index is -3.89. The molecule has 0 saturated carbocycles. The van der Waals surface area contributed by atoms with Crippen molar-refractivity contribution in [2.24, 2.45) is 0 Å². The second-order valence-electron chi connectivity index (χ2n) is 4.16. The Bertz CT molecular complexity index is 765. The zero-order valence-electron chi connectivity index (χ0n) is 10.3. The van der Waals surface area contributed by atoms with Crippen LogP contribution in [0.2, 0.25) is 5.02 Å². The van der Waals surface area contributed by atoms with Crippen molar-refractivity contribution >= 4 is 43.2 Å². The molecule has 0 aliphatic rings. The van der Waals surface area contributed by atoms with E-state index in [1.54, 1.807) is 18.2 Å². The predicted molar refractivity (Wildman–Crippen MR) is 81.1 cm³/mol. The summed E-state index contributed by atoms with van der Waals surface area (Å²) in [5.74, 6) is -0.650. The van der Waals surface area contributed by atoms with Crippen molar-refractivity contribution in [3.8, 4) is 0 Å². The Morgan fingerprint density at radius 3 is 2.55 bits per heavy atom. The van der Waals surface area contributed by atoms with Gasteiger partial charge in [0.05, 0.1) is 20.1 Å². The summed E-state index contributed by atoms with van der Waals surface area (Å²) in [5, 5.41) is 0.275. The van der Waals surface area contributed by atoms with Crippen LogP contribution in [-0.4, -0.2) is 8.42 Å². The Morgan fingerprint density at radius 2 is 1.90 bits per heavy atom. The fraction of sp³-hybridized carbons (Fsp3) is 0.0769. The molecular formula is C13H10BrClFNO2S. The first-order valence-corrected chi connectivity index (χ1v) is 8.19. The van der Waals surface area contributed by atoms with E-state index in [1.165, 1.54) is 12.1 Å². The lowest BCUT2D eigenvalue weighted by Gasteiger charge is -2.10. The Kier molecular flexibility index (Phi) is 4.36. The van der Waals surface area contributed by atoms with Crippen molar-refractivity contribution in [1.82, 2.24) is 0 Å². The molecule has 0 bridgehead atoms. The number of nitrogens with one attached hydrogen (secondary N) is 1. The third-order valence-electron chi connectivity index (χ3n) is 2.57. The quantitative estimate of drug-likeness (QED) is 0.863. The zero-order valence-corrected chi connectivity index (χ0v) is 13.5. The van der Waals surface area contributed by atoms with Crippen LogP contribution >= 0.6 is 27.5 Å². The number of anilines is 1. The summed E-state index contributed by atoms with van der Waals surface area (Å²) in [5.41, 5.74) is 1.11. The molecule has 2 aromatic carbocycles. The summed E-state index contributed by atoms with van der Waals surface area (Å²) in [4.78, 5) is -0.171. The molecule has 3 nitrogen and oxygen atoms in total. The average molecular weight is 379 g/mol. The number of hydrogen-bond acceptors (Lipinski definition) is 2. The van der Waals surface area contributed by atoms with E-state index in [-0.39, 0.29) is 20.1 Å². The predicted octanol–water partition coefficient (Wildman–Crippen LogP) is 4.35. The highest BCUT2D eigenvalue weighted by Gasteiger charge is 2.17. The molecular weight excluding hydrogens is 369 g/mol. The van der Waals surface area contributed by atoms with Crippen molar-refractivity contribution in [1.29, 1.82) is 0 Å². The molecule has 0 aromatic heterocycles. The monoisotopic (exact) mass is 377 g/mol. The van der Waals surface area contributed by atoms with Gasteiger partial charge >= 0.3 is 0 Å². The third-order valence-corrected chi connectivity index (χ3v) is 4.90. The van der Waals surface area contributed by atoms with Gasteiger partial charge in [-0.25, -0.2) is 12.8 Å². The lowest BCUT2D eigenvalue weighted by atomic mass is 10.2.